The third kappa shape index (κ3) is 4.29. The van der Waals surface area contributed by atoms with Crippen LogP contribution < -0.4 is 4.72 Å². The van der Waals surface area contributed by atoms with Crippen LogP contribution in [0.3, 0.4) is 0 Å². The maximum Gasteiger partial charge on any atom is 0.253 e. The van der Waals surface area contributed by atoms with Gasteiger partial charge in [0.05, 0.1) is 22.0 Å². The molecule has 1 aromatic heterocycles. The number of hydrogen-bond donors (Lipinski definition) is 1. The molecule has 154 valence electrons. The van der Waals surface area contributed by atoms with Crippen molar-refractivity contribution in [1.29, 1.82) is 0 Å². The van der Waals surface area contributed by atoms with Crippen LogP contribution in [0.4, 0.5) is 0 Å². The summed E-state index contributed by atoms with van der Waals surface area (Å²) >= 11 is 5.85. The second kappa shape index (κ2) is 8.14. The number of rotatable bonds is 6. The van der Waals surface area contributed by atoms with Gasteiger partial charge in [0.2, 0.25) is 10.0 Å². The molecule has 3 aromatic rings. The van der Waals surface area contributed by atoms with Gasteiger partial charge < -0.3 is 9.47 Å². The van der Waals surface area contributed by atoms with Gasteiger partial charge in [-0.25, -0.2) is 18.1 Å². The molecule has 0 radical (unpaired) electrons. The molecule has 0 aliphatic rings. The molecule has 2 aromatic carbocycles. The Bertz CT molecular complexity index is 1150. The van der Waals surface area contributed by atoms with E-state index in [1.165, 1.54) is 29.2 Å². The molecule has 29 heavy (non-hydrogen) atoms. The molecule has 0 bridgehead atoms. The molecular formula is C20H23ClN4O3S. The number of carbonyl (C=O) groups excluding carboxylic acids is 1. The summed E-state index contributed by atoms with van der Waals surface area (Å²) in [6.45, 7) is 4.27. The summed E-state index contributed by atoms with van der Waals surface area (Å²) in [6, 6.07) is 10.7. The molecule has 0 fully saturated rings. The van der Waals surface area contributed by atoms with Gasteiger partial charge in [0.25, 0.3) is 5.91 Å². The molecule has 0 saturated heterocycles. The Morgan fingerprint density at radius 1 is 1.21 bits per heavy atom. The second-order valence-electron chi connectivity index (χ2n) is 6.91. The molecule has 1 atom stereocenters. The first-order chi connectivity index (χ1) is 13.6. The first kappa shape index (κ1) is 21.3. The highest BCUT2D eigenvalue weighted by atomic mass is 35.5. The zero-order valence-corrected chi connectivity index (χ0v) is 18.3. The zero-order valence-electron chi connectivity index (χ0n) is 16.7. The van der Waals surface area contributed by atoms with Crippen LogP contribution in [0, 0.1) is 0 Å². The number of amides is 1. The summed E-state index contributed by atoms with van der Waals surface area (Å²) in [5.74, 6) is 0.475. The van der Waals surface area contributed by atoms with E-state index in [1.54, 1.807) is 39.2 Å². The Labute approximate surface area is 175 Å². The SMILES string of the molecule is CCn1c([C@@H](C)NS(=O)(=O)c2ccc(Cl)cc2)nc2ccc(C(=O)N(C)C)cc21. The van der Waals surface area contributed by atoms with Gasteiger partial charge in [-0.05, 0) is 56.3 Å². The van der Waals surface area contributed by atoms with Crippen molar-refractivity contribution in [3.63, 3.8) is 0 Å². The Morgan fingerprint density at radius 2 is 1.86 bits per heavy atom. The number of hydrogen-bond acceptors (Lipinski definition) is 4. The van der Waals surface area contributed by atoms with Crippen LogP contribution in [0.1, 0.15) is 36.1 Å². The summed E-state index contributed by atoms with van der Waals surface area (Å²) in [5, 5.41) is 0.466. The summed E-state index contributed by atoms with van der Waals surface area (Å²) in [5.41, 5.74) is 2.04. The van der Waals surface area contributed by atoms with Crippen molar-refractivity contribution >= 4 is 38.6 Å². The molecule has 0 aliphatic heterocycles. The average molecular weight is 435 g/mol. The molecule has 0 saturated carbocycles. The van der Waals surface area contributed by atoms with Crippen LogP contribution >= 0.6 is 11.6 Å². The minimum atomic E-state index is -3.74. The number of fused-ring (bicyclic) bond motifs is 1. The third-order valence-corrected chi connectivity index (χ3v) is 6.40. The number of sulfonamides is 1. The highest BCUT2D eigenvalue weighted by molar-refractivity contribution is 7.89. The highest BCUT2D eigenvalue weighted by Crippen LogP contribution is 2.24. The van der Waals surface area contributed by atoms with Gasteiger partial charge in [-0.15, -0.1) is 0 Å². The first-order valence-electron chi connectivity index (χ1n) is 9.13. The Morgan fingerprint density at radius 3 is 2.45 bits per heavy atom. The predicted molar refractivity (Wildman–Crippen MR) is 114 cm³/mol. The maximum atomic E-state index is 12.7. The number of carbonyl (C=O) groups is 1. The fraction of sp³-hybridized carbons (Fsp3) is 0.300. The number of imidazole rings is 1. The number of benzene rings is 2. The van der Waals surface area contributed by atoms with Crippen molar-refractivity contribution in [3.8, 4) is 0 Å². The van der Waals surface area contributed by atoms with Crippen LogP contribution in [0.5, 0.6) is 0 Å². The number of nitrogens with zero attached hydrogens (tertiary/aromatic N) is 3. The van der Waals surface area contributed by atoms with E-state index in [-0.39, 0.29) is 10.8 Å². The molecule has 7 nitrogen and oxygen atoms in total. The number of nitrogens with one attached hydrogen (secondary N) is 1. The molecule has 1 N–H and O–H groups in total. The topological polar surface area (TPSA) is 84.3 Å². The lowest BCUT2D eigenvalue weighted by Crippen LogP contribution is -2.28. The smallest absolute Gasteiger partial charge is 0.253 e. The lowest BCUT2D eigenvalue weighted by molar-refractivity contribution is 0.0827. The molecule has 0 spiro atoms. The van der Waals surface area contributed by atoms with Crippen LogP contribution in [0.15, 0.2) is 47.4 Å². The second-order valence-corrected chi connectivity index (χ2v) is 9.06. The van der Waals surface area contributed by atoms with E-state index >= 15 is 0 Å². The summed E-state index contributed by atoms with van der Waals surface area (Å²) in [6.07, 6.45) is 0. The van der Waals surface area contributed by atoms with Crippen molar-refractivity contribution in [2.24, 2.45) is 0 Å². The fourth-order valence-corrected chi connectivity index (χ4v) is 4.49. The van der Waals surface area contributed by atoms with Crippen molar-refractivity contribution in [2.75, 3.05) is 14.1 Å². The van der Waals surface area contributed by atoms with E-state index in [0.29, 0.717) is 28.5 Å². The minimum absolute atomic E-state index is 0.103. The van der Waals surface area contributed by atoms with E-state index in [9.17, 15) is 13.2 Å². The van der Waals surface area contributed by atoms with E-state index < -0.39 is 16.1 Å². The largest absolute Gasteiger partial charge is 0.345 e. The van der Waals surface area contributed by atoms with Gasteiger partial charge in [0.1, 0.15) is 5.82 Å². The monoisotopic (exact) mass is 434 g/mol. The van der Waals surface area contributed by atoms with Crippen LogP contribution in [0.25, 0.3) is 11.0 Å². The van der Waals surface area contributed by atoms with Crippen molar-refractivity contribution in [3.05, 3.63) is 58.9 Å². The average Bonchev–Trinajstić information content (AvgIpc) is 3.05. The normalized spacial score (nSPS) is 12.9. The van der Waals surface area contributed by atoms with E-state index in [2.05, 4.69) is 9.71 Å². The Hall–Kier alpha value is -2.42. The predicted octanol–water partition coefficient (Wildman–Crippen LogP) is 3.45. The molecule has 0 aliphatic carbocycles. The standard InChI is InChI=1S/C20H23ClN4O3S/c1-5-25-18-12-14(20(26)24(3)4)6-11-17(18)22-19(25)13(2)23-29(27,28)16-9-7-15(21)8-10-16/h6-13,23H,5H2,1-4H3/t13-/m1/s1. The lowest BCUT2D eigenvalue weighted by Gasteiger charge is -2.16. The quantitative estimate of drug-likeness (QED) is 0.644. The van der Waals surface area contributed by atoms with Gasteiger partial charge in [-0.2, -0.15) is 0 Å². The van der Waals surface area contributed by atoms with Gasteiger partial charge in [0, 0.05) is 31.2 Å². The van der Waals surface area contributed by atoms with E-state index in [0.717, 1.165) is 5.52 Å². The molecular weight excluding hydrogens is 412 g/mol. The van der Waals surface area contributed by atoms with Crippen LogP contribution in [-0.2, 0) is 16.6 Å². The molecule has 1 amide bonds. The van der Waals surface area contributed by atoms with Gasteiger partial charge >= 0.3 is 0 Å². The highest BCUT2D eigenvalue weighted by Gasteiger charge is 2.23. The zero-order chi connectivity index (χ0) is 21.3. The van der Waals surface area contributed by atoms with Gasteiger partial charge in [-0.1, -0.05) is 11.6 Å². The van der Waals surface area contributed by atoms with Crippen LogP contribution in [0.2, 0.25) is 5.02 Å². The van der Waals surface area contributed by atoms with Crippen molar-refractivity contribution < 1.29 is 13.2 Å². The summed E-state index contributed by atoms with van der Waals surface area (Å²) in [7, 11) is -0.348. The third-order valence-electron chi connectivity index (χ3n) is 4.59. The van der Waals surface area contributed by atoms with E-state index in [1.807, 2.05) is 11.5 Å². The number of aryl methyl sites for hydroxylation is 1. The molecule has 3 rings (SSSR count). The first-order valence-corrected chi connectivity index (χ1v) is 11.0. The van der Waals surface area contributed by atoms with Gasteiger partial charge in [0.15, 0.2) is 0 Å². The fourth-order valence-electron chi connectivity index (χ4n) is 3.16. The lowest BCUT2D eigenvalue weighted by atomic mass is 10.2. The molecule has 1 heterocycles. The summed E-state index contributed by atoms with van der Waals surface area (Å²) < 4.78 is 30.0. The summed E-state index contributed by atoms with van der Waals surface area (Å²) in [4.78, 5) is 18.5. The number of halogens is 1. The molecule has 9 heteroatoms. The van der Waals surface area contributed by atoms with Gasteiger partial charge in [-0.3, -0.25) is 4.79 Å². The van der Waals surface area contributed by atoms with Crippen LogP contribution in [-0.4, -0.2) is 42.9 Å². The minimum Gasteiger partial charge on any atom is -0.345 e. The Balaban J connectivity index is 1.98. The molecule has 0 unspecified atom stereocenters. The Kier molecular flexibility index (Phi) is 5.97. The van der Waals surface area contributed by atoms with Crippen molar-refractivity contribution in [1.82, 2.24) is 19.2 Å². The van der Waals surface area contributed by atoms with Crippen molar-refractivity contribution in [2.45, 2.75) is 31.3 Å². The van der Waals surface area contributed by atoms with E-state index in [4.69, 9.17) is 11.6 Å². The number of aromatic nitrogens is 2. The maximum absolute atomic E-state index is 12.7.